The number of pyridine rings is 1. The number of rotatable bonds is 8. The fourth-order valence-corrected chi connectivity index (χ4v) is 3.63. The molecule has 0 spiro atoms. The van der Waals surface area contributed by atoms with Crippen molar-refractivity contribution in [3.8, 4) is 11.5 Å². The van der Waals surface area contributed by atoms with Crippen LogP contribution < -0.4 is 14.9 Å². The Morgan fingerprint density at radius 1 is 1.23 bits per heavy atom. The molecule has 0 atom stereocenters. The zero-order valence-electron chi connectivity index (χ0n) is 15.7. The highest BCUT2D eigenvalue weighted by Crippen LogP contribution is 2.34. The quantitative estimate of drug-likeness (QED) is 0.159. The van der Waals surface area contributed by atoms with E-state index >= 15 is 0 Å². The number of anilines is 1. The second kappa shape index (κ2) is 10.5. The van der Waals surface area contributed by atoms with E-state index in [1.807, 2.05) is 30.3 Å². The molecule has 0 aliphatic heterocycles. The molecule has 0 radical (unpaired) electrons. The van der Waals surface area contributed by atoms with Crippen LogP contribution in [0, 0.1) is 17.3 Å². The Hall–Kier alpha value is -2.48. The minimum atomic E-state index is -0.517. The maximum Gasteiger partial charge on any atom is 0.313 e. The molecule has 3 rings (SSSR count). The molecule has 0 fully saturated rings. The van der Waals surface area contributed by atoms with Gasteiger partial charge in [-0.15, -0.1) is 0 Å². The highest BCUT2D eigenvalue weighted by Gasteiger charge is 2.14. The largest absolute Gasteiger partial charge is 0.493 e. The van der Waals surface area contributed by atoms with E-state index in [0.717, 1.165) is 18.3 Å². The van der Waals surface area contributed by atoms with Gasteiger partial charge in [0.2, 0.25) is 5.82 Å². The van der Waals surface area contributed by atoms with E-state index < -0.39 is 4.92 Å². The molecule has 154 valence electrons. The minimum Gasteiger partial charge on any atom is -0.493 e. The van der Waals surface area contributed by atoms with Gasteiger partial charge in [0.25, 0.3) is 0 Å². The molecule has 0 saturated carbocycles. The monoisotopic (exact) mass is 630 g/mol. The molecule has 2 aromatic carbocycles. The van der Waals surface area contributed by atoms with Crippen LogP contribution in [0.15, 0.2) is 59.8 Å². The minimum absolute atomic E-state index is 0.0675. The van der Waals surface area contributed by atoms with E-state index in [2.05, 4.69) is 60.7 Å². The zero-order chi connectivity index (χ0) is 21.5. The molecule has 1 heterocycles. The summed E-state index contributed by atoms with van der Waals surface area (Å²) in [5, 5.41) is 15.1. The van der Waals surface area contributed by atoms with Crippen LogP contribution in [-0.2, 0) is 6.61 Å². The van der Waals surface area contributed by atoms with E-state index in [9.17, 15) is 10.1 Å². The van der Waals surface area contributed by atoms with Crippen LogP contribution in [0.4, 0.5) is 11.5 Å². The molecule has 0 bridgehead atoms. The van der Waals surface area contributed by atoms with E-state index in [1.165, 1.54) is 24.5 Å². The molecule has 0 unspecified atom stereocenters. The average molecular weight is 630 g/mol. The van der Waals surface area contributed by atoms with Crippen molar-refractivity contribution >= 4 is 62.9 Å². The van der Waals surface area contributed by atoms with Gasteiger partial charge in [-0.05, 0) is 86.6 Å². The Kier molecular flexibility index (Phi) is 7.79. The second-order valence-electron chi connectivity index (χ2n) is 5.95. The van der Waals surface area contributed by atoms with Crippen LogP contribution in [0.5, 0.6) is 11.5 Å². The first kappa shape index (κ1) is 22.2. The van der Waals surface area contributed by atoms with Crippen LogP contribution in [0.25, 0.3) is 0 Å². The summed E-state index contributed by atoms with van der Waals surface area (Å²) in [5.74, 6) is 1.28. The number of halogens is 2. The summed E-state index contributed by atoms with van der Waals surface area (Å²) in [5.41, 5.74) is 4.25. The zero-order valence-corrected chi connectivity index (χ0v) is 20.0. The van der Waals surface area contributed by atoms with Crippen LogP contribution in [0.3, 0.4) is 0 Å². The normalized spacial score (nSPS) is 10.8. The molecule has 3 aromatic rings. The smallest absolute Gasteiger partial charge is 0.313 e. The predicted molar refractivity (Wildman–Crippen MR) is 131 cm³/mol. The number of methoxy groups -OCH3 is 1. The molecule has 0 saturated heterocycles. The van der Waals surface area contributed by atoms with Crippen molar-refractivity contribution in [1.29, 1.82) is 0 Å². The summed E-state index contributed by atoms with van der Waals surface area (Å²) in [6, 6.07) is 14.6. The van der Waals surface area contributed by atoms with Crippen molar-refractivity contribution in [1.82, 2.24) is 4.98 Å². The first-order chi connectivity index (χ1) is 14.5. The highest BCUT2D eigenvalue weighted by atomic mass is 127. The fourth-order valence-electron chi connectivity index (χ4n) is 2.49. The van der Waals surface area contributed by atoms with Crippen molar-refractivity contribution in [3.05, 3.63) is 83.1 Å². The van der Waals surface area contributed by atoms with Gasteiger partial charge in [-0.1, -0.05) is 12.1 Å². The molecule has 0 aliphatic carbocycles. The lowest BCUT2D eigenvalue weighted by Crippen LogP contribution is -2.01. The summed E-state index contributed by atoms with van der Waals surface area (Å²) in [7, 11) is 1.57. The molecule has 30 heavy (non-hydrogen) atoms. The lowest BCUT2D eigenvalue weighted by molar-refractivity contribution is -0.384. The Morgan fingerprint density at radius 2 is 2.00 bits per heavy atom. The Morgan fingerprint density at radius 3 is 2.70 bits per heavy atom. The maximum absolute atomic E-state index is 11.0. The molecular formula is C20H16I2N4O4. The van der Waals surface area contributed by atoms with Gasteiger partial charge in [0.1, 0.15) is 6.61 Å². The van der Waals surface area contributed by atoms with Gasteiger partial charge in [-0.25, -0.2) is 4.98 Å². The molecule has 1 N–H and O–H groups in total. The number of nitro groups is 1. The van der Waals surface area contributed by atoms with Gasteiger partial charge in [-0.3, -0.25) is 15.5 Å². The van der Waals surface area contributed by atoms with Crippen molar-refractivity contribution in [2.24, 2.45) is 5.10 Å². The molecule has 0 aliphatic rings. The Bertz CT molecular complexity index is 1070. The summed E-state index contributed by atoms with van der Waals surface area (Å²) < 4.78 is 13.5. The van der Waals surface area contributed by atoms with Crippen molar-refractivity contribution in [2.45, 2.75) is 6.61 Å². The number of hydrazone groups is 1. The van der Waals surface area contributed by atoms with Crippen molar-refractivity contribution < 1.29 is 14.4 Å². The standard InChI is InChI=1S/C20H16I2N4O4/c1-29-18-10-14(11-24-25-20-17(26(27)28)3-2-8-23-20)9-16(22)19(18)30-12-13-4-6-15(21)7-5-13/h2-11H,12H2,1H3,(H,23,25)/b24-11-. The molecular weight excluding hydrogens is 614 g/mol. The SMILES string of the molecule is COc1cc(/C=N\Nc2ncccc2[N+](=O)[O-])cc(I)c1OCc1ccc(I)cc1. The number of aromatic nitrogens is 1. The summed E-state index contributed by atoms with van der Waals surface area (Å²) in [6.45, 7) is 0.418. The van der Waals surface area contributed by atoms with Crippen LogP contribution >= 0.6 is 45.2 Å². The highest BCUT2D eigenvalue weighted by molar-refractivity contribution is 14.1. The molecule has 10 heteroatoms. The number of hydrogen-bond donors (Lipinski definition) is 1. The predicted octanol–water partition coefficient (Wildman–Crippen LogP) is 5.23. The van der Waals surface area contributed by atoms with Crippen molar-refractivity contribution in [3.63, 3.8) is 0 Å². The van der Waals surface area contributed by atoms with Gasteiger partial charge < -0.3 is 9.47 Å². The first-order valence-electron chi connectivity index (χ1n) is 8.61. The van der Waals surface area contributed by atoms with E-state index in [0.29, 0.717) is 18.1 Å². The van der Waals surface area contributed by atoms with Crippen LogP contribution in [0.2, 0.25) is 0 Å². The molecule has 1 aromatic heterocycles. The number of benzene rings is 2. The van der Waals surface area contributed by atoms with E-state index in [-0.39, 0.29) is 11.5 Å². The van der Waals surface area contributed by atoms with Gasteiger partial charge in [0.05, 0.1) is 21.8 Å². The van der Waals surface area contributed by atoms with Gasteiger partial charge in [0.15, 0.2) is 11.5 Å². The number of hydrogen-bond acceptors (Lipinski definition) is 7. The van der Waals surface area contributed by atoms with Gasteiger partial charge in [0, 0.05) is 15.8 Å². The number of ether oxygens (including phenoxy) is 2. The molecule has 0 amide bonds. The average Bonchev–Trinajstić information content (AvgIpc) is 2.74. The Balaban J connectivity index is 1.74. The topological polar surface area (TPSA) is 98.9 Å². The first-order valence-corrected chi connectivity index (χ1v) is 10.8. The molecule has 8 nitrogen and oxygen atoms in total. The number of nitrogens with one attached hydrogen (secondary N) is 1. The van der Waals surface area contributed by atoms with E-state index in [1.54, 1.807) is 13.2 Å². The third-order valence-corrected chi connectivity index (χ3v) is 5.44. The fraction of sp³-hybridized carbons (Fsp3) is 0.100. The Labute approximate surface area is 200 Å². The lowest BCUT2D eigenvalue weighted by Gasteiger charge is -2.13. The third-order valence-electron chi connectivity index (χ3n) is 3.92. The van der Waals surface area contributed by atoms with Crippen LogP contribution in [-0.4, -0.2) is 23.2 Å². The second-order valence-corrected chi connectivity index (χ2v) is 8.36. The summed E-state index contributed by atoms with van der Waals surface area (Å²) >= 11 is 4.43. The maximum atomic E-state index is 11.0. The summed E-state index contributed by atoms with van der Waals surface area (Å²) in [4.78, 5) is 14.5. The van der Waals surface area contributed by atoms with Gasteiger partial charge >= 0.3 is 5.69 Å². The van der Waals surface area contributed by atoms with Crippen molar-refractivity contribution in [2.75, 3.05) is 12.5 Å². The number of nitrogens with zero attached hydrogens (tertiary/aromatic N) is 3. The van der Waals surface area contributed by atoms with Gasteiger partial charge in [-0.2, -0.15) is 5.10 Å². The lowest BCUT2D eigenvalue weighted by atomic mass is 10.2. The van der Waals surface area contributed by atoms with E-state index in [4.69, 9.17) is 9.47 Å². The van der Waals surface area contributed by atoms with Crippen LogP contribution in [0.1, 0.15) is 11.1 Å². The third kappa shape index (κ3) is 5.78. The summed E-state index contributed by atoms with van der Waals surface area (Å²) in [6.07, 6.45) is 2.99.